The first kappa shape index (κ1) is 16.3. The number of carbonyl (C=O) groups excluding carboxylic acids is 2. The maximum Gasteiger partial charge on any atom is 0.436 e. The number of halogens is 6. The lowest BCUT2D eigenvalue weighted by atomic mass is 9.84. The first-order valence-corrected chi connectivity index (χ1v) is 5.90. The number of esters is 1. The van der Waals surface area contributed by atoms with Crippen molar-refractivity contribution < 1.29 is 40.7 Å². The molecule has 1 heterocycles. The predicted molar refractivity (Wildman–Crippen MR) is 60.0 cm³/mol. The number of ketones is 1. The molecular weight excluding hydrogens is 318 g/mol. The van der Waals surface area contributed by atoms with Crippen LogP contribution in [0.25, 0.3) is 0 Å². The minimum Gasteiger partial charge on any atom is -0.437 e. The smallest absolute Gasteiger partial charge is 0.436 e. The number of ether oxygens (including phenoxy) is 1. The van der Waals surface area contributed by atoms with Crippen molar-refractivity contribution in [3.05, 3.63) is 34.9 Å². The Bertz CT molecular complexity index is 646. The van der Waals surface area contributed by atoms with Crippen LogP contribution < -0.4 is 0 Å². The number of hydrogen-bond acceptors (Lipinski definition) is 3. The van der Waals surface area contributed by atoms with Crippen molar-refractivity contribution in [1.82, 2.24) is 0 Å². The van der Waals surface area contributed by atoms with Gasteiger partial charge in [0.25, 0.3) is 5.60 Å². The Hall–Kier alpha value is -2.06. The summed E-state index contributed by atoms with van der Waals surface area (Å²) in [6.07, 6.45) is -11.2. The minimum absolute atomic E-state index is 0.422. The topological polar surface area (TPSA) is 43.4 Å². The van der Waals surface area contributed by atoms with Crippen molar-refractivity contribution in [2.75, 3.05) is 0 Å². The van der Waals surface area contributed by atoms with Gasteiger partial charge >= 0.3 is 18.3 Å². The molecular formula is C13H8F6O3. The molecule has 22 heavy (non-hydrogen) atoms. The predicted octanol–water partition coefficient (Wildman–Crippen LogP) is 3.31. The second-order valence-corrected chi connectivity index (χ2v) is 4.82. The highest BCUT2D eigenvalue weighted by Gasteiger charge is 2.63. The summed E-state index contributed by atoms with van der Waals surface area (Å²) >= 11 is 0. The summed E-state index contributed by atoms with van der Waals surface area (Å²) in [4.78, 5) is 23.0. The first-order chi connectivity index (χ1) is 9.88. The lowest BCUT2D eigenvalue weighted by Crippen LogP contribution is -2.58. The van der Waals surface area contributed by atoms with Crippen LogP contribution in [0.2, 0.25) is 0 Å². The molecule has 0 fully saturated rings. The van der Waals surface area contributed by atoms with Gasteiger partial charge in [-0.15, -0.1) is 0 Å². The molecule has 0 spiro atoms. The van der Waals surface area contributed by atoms with Crippen LogP contribution in [-0.2, 0) is 22.1 Å². The molecule has 0 amide bonds. The monoisotopic (exact) mass is 326 g/mol. The van der Waals surface area contributed by atoms with Gasteiger partial charge in [-0.25, -0.2) is 4.79 Å². The Balaban J connectivity index is 2.61. The standard InChI is InChI=1S/C13H8F6O3/c1-6(20)11(13(17,18)19)5-7-4-8(12(14,15)16)2-3-9(7)10(21)22-11/h2-4H,5H2,1H3. The highest BCUT2D eigenvalue weighted by Crippen LogP contribution is 2.42. The third-order valence-corrected chi connectivity index (χ3v) is 3.39. The number of alkyl halides is 6. The van der Waals surface area contributed by atoms with Gasteiger partial charge < -0.3 is 4.74 Å². The van der Waals surface area contributed by atoms with E-state index in [0.717, 1.165) is 6.07 Å². The highest BCUT2D eigenvalue weighted by molar-refractivity contribution is 5.98. The zero-order chi connectivity index (χ0) is 16.9. The van der Waals surface area contributed by atoms with Crippen molar-refractivity contribution in [3.63, 3.8) is 0 Å². The Labute approximate surface area is 119 Å². The van der Waals surface area contributed by atoms with Gasteiger partial charge in [0.15, 0.2) is 5.78 Å². The minimum atomic E-state index is -5.24. The molecule has 0 aliphatic carbocycles. The SMILES string of the molecule is CC(=O)C1(C(F)(F)F)Cc2cc(C(F)(F)F)ccc2C(=O)O1. The number of Topliss-reactive ketones (excluding diaryl/α,β-unsaturated/α-hetero) is 1. The van der Waals surface area contributed by atoms with E-state index in [0.29, 0.717) is 19.1 Å². The molecule has 9 heteroatoms. The van der Waals surface area contributed by atoms with Gasteiger partial charge in [0.05, 0.1) is 11.1 Å². The van der Waals surface area contributed by atoms with Gasteiger partial charge in [-0.1, -0.05) is 0 Å². The fourth-order valence-corrected chi connectivity index (χ4v) is 2.19. The van der Waals surface area contributed by atoms with Crippen LogP contribution >= 0.6 is 0 Å². The normalized spacial score (nSPS) is 22.0. The fourth-order valence-electron chi connectivity index (χ4n) is 2.19. The van der Waals surface area contributed by atoms with E-state index in [9.17, 15) is 35.9 Å². The molecule has 120 valence electrons. The number of fused-ring (bicyclic) bond motifs is 1. The third-order valence-electron chi connectivity index (χ3n) is 3.39. The van der Waals surface area contributed by atoms with Crippen molar-refractivity contribution in [2.24, 2.45) is 0 Å². The van der Waals surface area contributed by atoms with E-state index in [1.165, 1.54) is 0 Å². The number of carbonyl (C=O) groups is 2. The summed E-state index contributed by atoms with van der Waals surface area (Å²) in [7, 11) is 0. The molecule has 1 unspecified atom stereocenters. The van der Waals surface area contributed by atoms with Crippen LogP contribution in [0.1, 0.15) is 28.4 Å². The van der Waals surface area contributed by atoms with E-state index >= 15 is 0 Å². The summed E-state index contributed by atoms with van der Waals surface area (Å²) < 4.78 is 81.5. The summed E-state index contributed by atoms with van der Waals surface area (Å²) in [5, 5.41) is 0. The van der Waals surface area contributed by atoms with Crippen LogP contribution in [0.3, 0.4) is 0 Å². The molecule has 1 aromatic carbocycles. The third kappa shape index (κ3) is 2.44. The van der Waals surface area contributed by atoms with E-state index in [1.54, 1.807) is 0 Å². The van der Waals surface area contributed by atoms with E-state index < -0.39 is 52.8 Å². The first-order valence-electron chi connectivity index (χ1n) is 5.90. The molecule has 1 aliphatic heterocycles. The second-order valence-electron chi connectivity index (χ2n) is 4.82. The van der Waals surface area contributed by atoms with Crippen molar-refractivity contribution in [2.45, 2.75) is 31.3 Å². The molecule has 1 aliphatic rings. The lowest BCUT2D eigenvalue weighted by molar-refractivity contribution is -0.250. The van der Waals surface area contributed by atoms with E-state index in [1.807, 2.05) is 0 Å². The molecule has 3 nitrogen and oxygen atoms in total. The molecule has 0 saturated carbocycles. The average molecular weight is 326 g/mol. The van der Waals surface area contributed by atoms with Crippen LogP contribution in [0.4, 0.5) is 26.3 Å². The van der Waals surface area contributed by atoms with Crippen LogP contribution in [-0.4, -0.2) is 23.5 Å². The van der Waals surface area contributed by atoms with Gasteiger partial charge in [0.2, 0.25) is 0 Å². The lowest BCUT2D eigenvalue weighted by Gasteiger charge is -2.36. The Morgan fingerprint density at radius 1 is 1.18 bits per heavy atom. The van der Waals surface area contributed by atoms with E-state index in [-0.39, 0.29) is 0 Å². The van der Waals surface area contributed by atoms with Gasteiger partial charge in [-0.2, -0.15) is 26.3 Å². The molecule has 0 saturated heterocycles. The average Bonchev–Trinajstić information content (AvgIpc) is 2.35. The maximum absolute atomic E-state index is 13.1. The largest absolute Gasteiger partial charge is 0.437 e. The summed E-state index contributed by atoms with van der Waals surface area (Å²) in [6.45, 7) is 0.569. The molecule has 1 aromatic rings. The van der Waals surface area contributed by atoms with Crippen LogP contribution in [0.5, 0.6) is 0 Å². The number of cyclic esters (lactones) is 1. The van der Waals surface area contributed by atoms with Crippen molar-refractivity contribution in [1.29, 1.82) is 0 Å². The van der Waals surface area contributed by atoms with Crippen LogP contribution in [0.15, 0.2) is 18.2 Å². The molecule has 0 N–H and O–H groups in total. The number of hydrogen-bond donors (Lipinski definition) is 0. The van der Waals surface area contributed by atoms with Gasteiger partial charge in [0, 0.05) is 6.42 Å². The number of rotatable bonds is 1. The zero-order valence-corrected chi connectivity index (χ0v) is 10.9. The Morgan fingerprint density at radius 2 is 1.77 bits per heavy atom. The molecule has 1 atom stereocenters. The van der Waals surface area contributed by atoms with Gasteiger partial charge in [0.1, 0.15) is 0 Å². The molecule has 2 rings (SSSR count). The number of benzene rings is 1. The fraction of sp³-hybridized carbons (Fsp3) is 0.385. The Morgan fingerprint density at radius 3 is 2.23 bits per heavy atom. The van der Waals surface area contributed by atoms with Crippen molar-refractivity contribution >= 4 is 11.8 Å². The summed E-state index contributed by atoms with van der Waals surface area (Å²) in [5.41, 5.74) is -5.62. The Kier molecular flexibility index (Phi) is 3.50. The second kappa shape index (κ2) is 4.72. The van der Waals surface area contributed by atoms with Crippen molar-refractivity contribution in [3.8, 4) is 0 Å². The quantitative estimate of drug-likeness (QED) is 0.587. The molecule has 0 radical (unpaired) electrons. The molecule has 0 bridgehead atoms. The van der Waals surface area contributed by atoms with Gasteiger partial charge in [-0.05, 0) is 30.7 Å². The van der Waals surface area contributed by atoms with Gasteiger partial charge in [-0.3, -0.25) is 4.79 Å². The van der Waals surface area contributed by atoms with E-state index in [4.69, 9.17) is 0 Å². The highest BCUT2D eigenvalue weighted by atomic mass is 19.4. The summed E-state index contributed by atoms with van der Waals surface area (Å²) in [6, 6.07) is 1.73. The zero-order valence-electron chi connectivity index (χ0n) is 10.9. The van der Waals surface area contributed by atoms with E-state index in [2.05, 4.69) is 4.74 Å². The summed E-state index contributed by atoms with van der Waals surface area (Å²) in [5.74, 6) is -2.99. The maximum atomic E-state index is 13.1. The van der Waals surface area contributed by atoms with Crippen LogP contribution in [0, 0.1) is 0 Å². The molecule has 0 aromatic heterocycles.